The molecule has 0 unspecified atom stereocenters. The van der Waals surface area contributed by atoms with E-state index in [0.717, 1.165) is 0 Å². The van der Waals surface area contributed by atoms with Gasteiger partial charge in [0.25, 0.3) is 0 Å². The average Bonchev–Trinajstić information content (AvgIpc) is 0. The zero-order valence-corrected chi connectivity index (χ0v) is 11.8. The zero-order chi connectivity index (χ0) is 0. The Hall–Kier alpha value is 3.15. The van der Waals surface area contributed by atoms with E-state index in [1.807, 2.05) is 0 Å². The van der Waals surface area contributed by atoms with Crippen LogP contribution in [0, 0.1) is 35.6 Å². The van der Waals surface area contributed by atoms with Crippen molar-refractivity contribution in [2.45, 2.75) is 0 Å². The predicted molar refractivity (Wildman–Crippen MR) is 9.08 cm³/mol. The standard InChI is InChI=1S/Cu.La.H2O.Sr.H/h;;1H2;;/q;;;+1;/p-1. The number of rotatable bonds is 0. The molecule has 2 radical (unpaired) electrons. The Kier molecular flexibility index (Phi) is 112. The van der Waals surface area contributed by atoms with Crippen molar-refractivity contribution >= 4 is 45.5 Å². The van der Waals surface area contributed by atoms with Crippen molar-refractivity contribution in [1.82, 2.24) is 0 Å². The van der Waals surface area contributed by atoms with Gasteiger partial charge in [0, 0.05) is 52.7 Å². The first-order chi connectivity index (χ1) is 0. The van der Waals surface area contributed by atoms with Crippen molar-refractivity contribution in [3.05, 3.63) is 0 Å². The first-order valence-electron chi connectivity index (χ1n) is 0. The van der Waals surface area contributed by atoms with Gasteiger partial charge in [-0.25, -0.2) is 0 Å². The van der Waals surface area contributed by atoms with Gasteiger partial charge in [-0.1, -0.05) is 0 Å². The van der Waals surface area contributed by atoms with Crippen LogP contribution in [0.5, 0.6) is 0 Å². The summed E-state index contributed by atoms with van der Waals surface area (Å²) in [4.78, 5) is 0. The van der Waals surface area contributed by atoms with Crippen LogP contribution in [0.1, 0.15) is 0 Å². The number of hydrogen-bond acceptors (Lipinski definition) is 1. The minimum atomic E-state index is 0. The molecule has 0 aromatic rings. The third-order valence-electron chi connectivity index (χ3n) is 0. The molecule has 1 nitrogen and oxygen atoms in total. The molecule has 0 spiro atoms. The normalized spacial score (nSPS) is 0. The van der Waals surface area contributed by atoms with Crippen molar-refractivity contribution in [1.29, 1.82) is 0 Å². The van der Waals surface area contributed by atoms with Crippen LogP contribution in [0.2, 0.25) is 0 Å². The van der Waals surface area contributed by atoms with Crippen LogP contribution >= 0.6 is 0 Å². The molecule has 0 heterocycles. The van der Waals surface area contributed by atoms with Crippen LogP contribution in [0.4, 0.5) is 0 Å². The van der Waals surface area contributed by atoms with Crippen molar-refractivity contribution < 1.29 is 58.1 Å². The first-order valence-corrected chi connectivity index (χ1v) is 0. The molecule has 0 atom stereocenters. The molecule has 0 aliphatic carbocycles. The van der Waals surface area contributed by atoms with Crippen molar-refractivity contribution in [3.63, 3.8) is 0 Å². The summed E-state index contributed by atoms with van der Waals surface area (Å²) in [5, 5.41) is 0. The van der Waals surface area contributed by atoms with Crippen molar-refractivity contribution in [3.8, 4) is 0 Å². The monoisotopic (exact) mass is 308 g/mol. The van der Waals surface area contributed by atoms with Gasteiger partial charge in [0.05, 0.1) is 0 Å². The molecule has 0 amide bonds. The second kappa shape index (κ2) is 16.4. The van der Waals surface area contributed by atoms with Gasteiger partial charge >= 0.3 is 45.5 Å². The molecule has 1 N–H and O–H groups in total. The maximum atomic E-state index is 0. The Morgan fingerprint density at radius 1 is 1.00 bits per heavy atom. The van der Waals surface area contributed by atoms with E-state index in [0.29, 0.717) is 0 Å². The van der Waals surface area contributed by atoms with E-state index in [1.165, 1.54) is 0 Å². The van der Waals surface area contributed by atoms with Gasteiger partial charge in [-0.2, -0.15) is 0 Å². The fourth-order valence-corrected chi connectivity index (χ4v) is 0. The van der Waals surface area contributed by atoms with Crippen LogP contribution in [0.3, 0.4) is 0 Å². The fourth-order valence-electron chi connectivity index (χ4n) is 0. The third kappa shape index (κ3) is 8.94. The quantitative estimate of drug-likeness (QED) is 0.538. The summed E-state index contributed by atoms with van der Waals surface area (Å²) in [5.41, 5.74) is 0. The molecule has 24 valence electrons. The van der Waals surface area contributed by atoms with Gasteiger partial charge in [-0.3, -0.25) is 0 Å². The second-order valence-corrected chi connectivity index (χ2v) is 0. The first kappa shape index (κ1) is 27.2. The summed E-state index contributed by atoms with van der Waals surface area (Å²) >= 11 is 0. The summed E-state index contributed by atoms with van der Waals surface area (Å²) in [7, 11) is 0. The van der Waals surface area contributed by atoms with Crippen LogP contribution in [0.25, 0.3) is 0 Å². The molecule has 4 heteroatoms. The van der Waals surface area contributed by atoms with Crippen LogP contribution in [-0.2, 0) is 17.1 Å². The zero-order valence-electron chi connectivity index (χ0n) is 2.33. The average molecular weight is 308 g/mol. The van der Waals surface area contributed by atoms with Gasteiger partial charge in [-0.15, -0.1) is 0 Å². The van der Waals surface area contributed by atoms with E-state index < -0.39 is 0 Å². The van der Waals surface area contributed by atoms with E-state index in [2.05, 4.69) is 0 Å². The van der Waals surface area contributed by atoms with Gasteiger partial charge < -0.3 is 5.48 Å². The van der Waals surface area contributed by atoms with Crippen molar-refractivity contribution in [2.24, 2.45) is 0 Å². The third-order valence-corrected chi connectivity index (χ3v) is 0. The maximum absolute atomic E-state index is 0. The summed E-state index contributed by atoms with van der Waals surface area (Å²) < 4.78 is 0. The summed E-state index contributed by atoms with van der Waals surface area (Å²) in [6.45, 7) is 0. The van der Waals surface area contributed by atoms with Gasteiger partial charge in [0.2, 0.25) is 0 Å². The van der Waals surface area contributed by atoms with Crippen molar-refractivity contribution in [2.75, 3.05) is 0 Å². The molecular formula is H2CuLaOSr. The van der Waals surface area contributed by atoms with Crippen LogP contribution in [0.15, 0.2) is 0 Å². The molecule has 0 aliphatic rings. The topological polar surface area (TPSA) is 30.0 Å². The van der Waals surface area contributed by atoms with E-state index in [9.17, 15) is 0 Å². The Morgan fingerprint density at radius 2 is 1.00 bits per heavy atom. The molecule has 0 aromatic heterocycles. The SMILES string of the molecule is [Cu].[La].[OH-].[SrH+]. The Labute approximate surface area is 101 Å². The molecule has 0 aromatic carbocycles. The van der Waals surface area contributed by atoms with Crippen LogP contribution < -0.4 is 0 Å². The molecule has 0 fully saturated rings. The molecule has 0 rings (SSSR count). The van der Waals surface area contributed by atoms with E-state index in [4.69, 9.17) is 0 Å². The summed E-state index contributed by atoms with van der Waals surface area (Å²) in [6.07, 6.45) is 0. The summed E-state index contributed by atoms with van der Waals surface area (Å²) in [5.74, 6) is 0. The molecular weight excluding hydrogens is 306 g/mol. The van der Waals surface area contributed by atoms with Gasteiger partial charge in [0.1, 0.15) is 0 Å². The Morgan fingerprint density at radius 3 is 1.00 bits per heavy atom. The van der Waals surface area contributed by atoms with Gasteiger partial charge in [0.15, 0.2) is 0 Å². The molecule has 0 saturated heterocycles. The van der Waals surface area contributed by atoms with E-state index >= 15 is 0 Å². The Bertz CT molecular complexity index is 8.00. The van der Waals surface area contributed by atoms with E-state index in [1.54, 1.807) is 0 Å². The number of hydrogen-bond donors (Lipinski definition) is 0. The van der Waals surface area contributed by atoms with Gasteiger partial charge in [-0.05, 0) is 0 Å². The predicted octanol–water partition coefficient (Wildman–Crippen LogP) is -0.828. The molecule has 0 saturated carbocycles. The second-order valence-electron chi connectivity index (χ2n) is 0. The molecule has 0 aliphatic heterocycles. The molecule has 0 bridgehead atoms. The molecule has 4 heavy (non-hydrogen) atoms. The summed E-state index contributed by atoms with van der Waals surface area (Å²) in [6, 6.07) is 0. The fraction of sp³-hybridized carbons (Fsp3) is 0. The van der Waals surface area contributed by atoms with E-state index in [-0.39, 0.29) is 104 Å². The Balaban J connectivity index is 0. The van der Waals surface area contributed by atoms with Crippen LogP contribution in [-0.4, -0.2) is 51.0 Å². The minimum absolute atomic E-state index is 0.